The summed E-state index contributed by atoms with van der Waals surface area (Å²) in [4.78, 5) is 15.9. The first kappa shape index (κ1) is 14.0. The predicted molar refractivity (Wildman–Crippen MR) is 75.6 cm³/mol. The van der Waals surface area contributed by atoms with Crippen molar-refractivity contribution in [2.45, 2.75) is 39.2 Å². The van der Waals surface area contributed by atoms with Crippen molar-refractivity contribution < 1.29 is 4.79 Å². The number of aromatic nitrogens is 1. The summed E-state index contributed by atoms with van der Waals surface area (Å²) in [5, 5.41) is 6.35. The Balaban J connectivity index is 1.68. The van der Waals surface area contributed by atoms with E-state index >= 15 is 0 Å². The summed E-state index contributed by atoms with van der Waals surface area (Å²) in [7, 11) is 0. The molecule has 0 atom stereocenters. The Morgan fingerprint density at radius 1 is 1.47 bits per heavy atom. The van der Waals surface area contributed by atoms with E-state index in [9.17, 15) is 4.79 Å². The first-order valence-electron chi connectivity index (χ1n) is 7.12. The molecule has 1 aliphatic rings. The molecule has 0 bridgehead atoms. The fraction of sp³-hybridized carbons (Fsp3) is 0.600. The first-order chi connectivity index (χ1) is 9.25. The molecule has 0 unspecified atom stereocenters. The van der Waals surface area contributed by atoms with Gasteiger partial charge in [0.25, 0.3) is 0 Å². The zero-order valence-electron chi connectivity index (χ0n) is 11.6. The second-order valence-corrected chi connectivity index (χ2v) is 5.31. The van der Waals surface area contributed by atoms with Crippen LogP contribution in [0, 0.1) is 12.8 Å². The highest BCUT2D eigenvalue weighted by atomic mass is 16.1. The number of nitrogens with one attached hydrogen (secondary N) is 2. The van der Waals surface area contributed by atoms with Crippen LogP contribution in [0.3, 0.4) is 0 Å². The second-order valence-electron chi connectivity index (χ2n) is 5.31. The number of amides is 1. The Bertz CT molecular complexity index is 414. The lowest BCUT2D eigenvalue weighted by Gasteiger charge is -2.22. The summed E-state index contributed by atoms with van der Waals surface area (Å²) < 4.78 is 0. The Labute approximate surface area is 115 Å². The topological polar surface area (TPSA) is 54.0 Å². The van der Waals surface area contributed by atoms with Crippen LogP contribution in [0.5, 0.6) is 0 Å². The average molecular weight is 261 g/mol. The molecular formula is C15H23N3O. The Morgan fingerprint density at radius 2 is 2.26 bits per heavy atom. The van der Waals surface area contributed by atoms with Gasteiger partial charge in [0, 0.05) is 25.4 Å². The largest absolute Gasteiger partial charge is 0.352 e. The van der Waals surface area contributed by atoms with Gasteiger partial charge in [-0.3, -0.25) is 9.78 Å². The maximum absolute atomic E-state index is 11.8. The van der Waals surface area contributed by atoms with Crippen molar-refractivity contribution in [1.29, 1.82) is 0 Å². The minimum absolute atomic E-state index is 0.162. The van der Waals surface area contributed by atoms with Gasteiger partial charge in [-0.1, -0.05) is 0 Å². The third-order valence-corrected chi connectivity index (χ3v) is 3.85. The highest BCUT2D eigenvalue weighted by molar-refractivity contribution is 5.75. The van der Waals surface area contributed by atoms with Crippen molar-refractivity contribution >= 4 is 5.91 Å². The van der Waals surface area contributed by atoms with E-state index in [1.165, 1.54) is 12.8 Å². The molecule has 0 saturated carbocycles. The van der Waals surface area contributed by atoms with Crippen molar-refractivity contribution in [1.82, 2.24) is 15.6 Å². The molecular weight excluding hydrogens is 238 g/mol. The lowest BCUT2D eigenvalue weighted by Crippen LogP contribution is -2.29. The zero-order chi connectivity index (χ0) is 13.5. The molecule has 2 heterocycles. The minimum atomic E-state index is 0.162. The molecule has 1 aromatic heterocycles. The lowest BCUT2D eigenvalue weighted by atomic mass is 9.93. The fourth-order valence-corrected chi connectivity index (χ4v) is 2.49. The van der Waals surface area contributed by atoms with E-state index in [1.807, 2.05) is 19.2 Å². The summed E-state index contributed by atoms with van der Waals surface area (Å²) in [5.41, 5.74) is 2.27. The molecule has 19 heavy (non-hydrogen) atoms. The molecule has 1 saturated heterocycles. The molecule has 4 heteroatoms. The molecule has 2 rings (SSSR count). The molecule has 4 nitrogen and oxygen atoms in total. The molecule has 2 N–H and O–H groups in total. The van der Waals surface area contributed by atoms with Crippen molar-refractivity contribution in [3.63, 3.8) is 0 Å². The molecule has 1 aromatic rings. The van der Waals surface area contributed by atoms with Crippen molar-refractivity contribution in [2.75, 3.05) is 13.1 Å². The Hall–Kier alpha value is -1.42. The van der Waals surface area contributed by atoms with Gasteiger partial charge in [0.1, 0.15) is 0 Å². The number of hydrogen-bond donors (Lipinski definition) is 2. The number of nitrogens with zero attached hydrogens (tertiary/aromatic N) is 1. The number of carbonyl (C=O) groups excluding carboxylic acids is 1. The van der Waals surface area contributed by atoms with E-state index in [0.29, 0.717) is 13.0 Å². The van der Waals surface area contributed by atoms with E-state index in [0.717, 1.165) is 36.6 Å². The number of carbonyl (C=O) groups is 1. The third kappa shape index (κ3) is 4.63. The van der Waals surface area contributed by atoms with Gasteiger partial charge in [-0.2, -0.15) is 0 Å². The number of pyridine rings is 1. The van der Waals surface area contributed by atoms with Crippen LogP contribution in [0.15, 0.2) is 18.5 Å². The Morgan fingerprint density at radius 3 is 3.00 bits per heavy atom. The van der Waals surface area contributed by atoms with Crippen LogP contribution in [0.25, 0.3) is 0 Å². The van der Waals surface area contributed by atoms with Crippen LogP contribution in [0.1, 0.15) is 36.8 Å². The average Bonchev–Trinajstić information content (AvgIpc) is 2.45. The van der Waals surface area contributed by atoms with Crippen molar-refractivity contribution in [3.05, 3.63) is 29.6 Å². The number of aryl methyl sites for hydroxylation is 1. The maximum Gasteiger partial charge on any atom is 0.220 e. The second kappa shape index (κ2) is 7.24. The smallest absolute Gasteiger partial charge is 0.220 e. The molecule has 1 fully saturated rings. The van der Waals surface area contributed by atoms with Gasteiger partial charge in [-0.05, 0) is 62.4 Å². The van der Waals surface area contributed by atoms with E-state index in [1.54, 1.807) is 6.20 Å². The van der Waals surface area contributed by atoms with Crippen LogP contribution in [-0.4, -0.2) is 24.0 Å². The third-order valence-electron chi connectivity index (χ3n) is 3.85. The van der Waals surface area contributed by atoms with Crippen LogP contribution >= 0.6 is 0 Å². The van der Waals surface area contributed by atoms with E-state index in [2.05, 4.69) is 15.6 Å². The lowest BCUT2D eigenvalue weighted by molar-refractivity contribution is -0.121. The van der Waals surface area contributed by atoms with Crippen LogP contribution in [0.4, 0.5) is 0 Å². The highest BCUT2D eigenvalue weighted by Crippen LogP contribution is 2.17. The molecule has 0 radical (unpaired) electrons. The van der Waals surface area contributed by atoms with Gasteiger partial charge in [0.2, 0.25) is 5.91 Å². The van der Waals surface area contributed by atoms with Crippen molar-refractivity contribution in [2.24, 2.45) is 5.92 Å². The van der Waals surface area contributed by atoms with Crippen LogP contribution in [0.2, 0.25) is 0 Å². The summed E-state index contributed by atoms with van der Waals surface area (Å²) in [6.07, 6.45) is 7.67. The number of rotatable bonds is 5. The zero-order valence-corrected chi connectivity index (χ0v) is 11.6. The minimum Gasteiger partial charge on any atom is -0.352 e. The summed E-state index contributed by atoms with van der Waals surface area (Å²) in [5.74, 6) is 0.879. The van der Waals surface area contributed by atoms with Gasteiger partial charge in [0.05, 0.1) is 0 Å². The van der Waals surface area contributed by atoms with E-state index < -0.39 is 0 Å². The van der Waals surface area contributed by atoms with Crippen LogP contribution in [-0.2, 0) is 11.3 Å². The predicted octanol–water partition coefficient (Wildman–Crippen LogP) is 1.79. The number of hydrogen-bond acceptors (Lipinski definition) is 3. The molecule has 1 amide bonds. The summed E-state index contributed by atoms with van der Waals surface area (Å²) in [6, 6.07) is 1.96. The van der Waals surface area contributed by atoms with Gasteiger partial charge in [0.15, 0.2) is 0 Å². The maximum atomic E-state index is 11.8. The SMILES string of the molecule is Cc1cnccc1CNC(=O)CCC1CCNCC1. The molecule has 104 valence electrons. The number of piperidine rings is 1. The van der Waals surface area contributed by atoms with Gasteiger partial charge in [-0.25, -0.2) is 0 Å². The standard InChI is InChI=1S/C15H23N3O/c1-12-10-17-9-6-14(12)11-18-15(19)3-2-13-4-7-16-8-5-13/h6,9-10,13,16H,2-5,7-8,11H2,1H3,(H,18,19). The summed E-state index contributed by atoms with van der Waals surface area (Å²) in [6.45, 7) is 4.83. The first-order valence-corrected chi connectivity index (χ1v) is 7.12. The van der Waals surface area contributed by atoms with Gasteiger partial charge < -0.3 is 10.6 Å². The summed E-state index contributed by atoms with van der Waals surface area (Å²) >= 11 is 0. The monoisotopic (exact) mass is 261 g/mol. The van der Waals surface area contributed by atoms with Gasteiger partial charge >= 0.3 is 0 Å². The molecule has 1 aliphatic heterocycles. The van der Waals surface area contributed by atoms with Crippen LogP contribution < -0.4 is 10.6 Å². The normalized spacial score (nSPS) is 16.3. The van der Waals surface area contributed by atoms with E-state index in [4.69, 9.17) is 0 Å². The quantitative estimate of drug-likeness (QED) is 0.849. The van der Waals surface area contributed by atoms with Gasteiger partial charge in [-0.15, -0.1) is 0 Å². The molecule has 0 aliphatic carbocycles. The molecule has 0 spiro atoms. The highest BCUT2D eigenvalue weighted by Gasteiger charge is 2.14. The molecule has 0 aromatic carbocycles. The fourth-order valence-electron chi connectivity index (χ4n) is 2.49. The van der Waals surface area contributed by atoms with E-state index in [-0.39, 0.29) is 5.91 Å². The Kier molecular flexibility index (Phi) is 5.33. The van der Waals surface area contributed by atoms with Crippen molar-refractivity contribution in [3.8, 4) is 0 Å².